The number of benzene rings is 1. The fourth-order valence-electron chi connectivity index (χ4n) is 3.46. The summed E-state index contributed by atoms with van der Waals surface area (Å²) in [5.74, 6) is -0.345. The first kappa shape index (κ1) is 22.4. The maximum Gasteiger partial charge on any atom is 0.339 e. The molecule has 0 aliphatic carbocycles. The monoisotopic (exact) mass is 423 g/mol. The first-order chi connectivity index (χ1) is 15.0. The van der Waals surface area contributed by atoms with Gasteiger partial charge in [0.2, 0.25) is 5.95 Å². The zero-order valence-corrected chi connectivity index (χ0v) is 18.5. The fourth-order valence-corrected chi connectivity index (χ4v) is 3.46. The number of aryl methyl sites for hydroxylation is 1. The molecule has 0 radical (unpaired) electrons. The first-order valence-corrected chi connectivity index (χ1v) is 10.6. The largest absolute Gasteiger partial charge is 0.462 e. The Morgan fingerprint density at radius 1 is 1.06 bits per heavy atom. The number of carbonyl (C=O) groups is 2. The summed E-state index contributed by atoms with van der Waals surface area (Å²) in [5, 5.41) is 2.89. The van der Waals surface area contributed by atoms with Crippen LogP contribution in [0.2, 0.25) is 0 Å². The second-order valence-electron chi connectivity index (χ2n) is 7.11. The number of nitrogens with zero attached hydrogens (tertiary/aromatic N) is 4. The average Bonchev–Trinajstić information content (AvgIpc) is 3.11. The number of ether oxygens (including phenoxy) is 1. The fraction of sp³-hybridized carbons (Fsp3) is 0.391. The number of aromatic nitrogens is 3. The van der Waals surface area contributed by atoms with E-state index in [1.165, 1.54) is 6.07 Å². The number of rotatable bonds is 9. The van der Waals surface area contributed by atoms with Gasteiger partial charge in [0.25, 0.3) is 5.91 Å². The van der Waals surface area contributed by atoms with Gasteiger partial charge < -0.3 is 14.2 Å². The number of pyridine rings is 1. The zero-order valence-electron chi connectivity index (χ0n) is 18.5. The number of anilines is 1. The van der Waals surface area contributed by atoms with Crippen LogP contribution in [0.25, 0.3) is 11.0 Å². The third-order valence-corrected chi connectivity index (χ3v) is 5.23. The van der Waals surface area contributed by atoms with Crippen molar-refractivity contribution in [1.29, 1.82) is 0 Å². The summed E-state index contributed by atoms with van der Waals surface area (Å²) in [4.78, 5) is 36.1. The number of amides is 1. The summed E-state index contributed by atoms with van der Waals surface area (Å²) < 4.78 is 7.04. The van der Waals surface area contributed by atoms with E-state index in [0.717, 1.165) is 30.7 Å². The molecule has 0 saturated carbocycles. The predicted molar refractivity (Wildman–Crippen MR) is 120 cm³/mol. The van der Waals surface area contributed by atoms with Crippen molar-refractivity contribution in [1.82, 2.24) is 19.4 Å². The Balaban J connectivity index is 1.85. The Morgan fingerprint density at radius 2 is 1.81 bits per heavy atom. The van der Waals surface area contributed by atoms with Crippen molar-refractivity contribution < 1.29 is 14.3 Å². The summed E-state index contributed by atoms with van der Waals surface area (Å²) in [6, 6.07) is 10.9. The molecule has 0 bridgehead atoms. The Hall–Kier alpha value is -3.26. The molecule has 3 aromatic rings. The average molecular weight is 424 g/mol. The van der Waals surface area contributed by atoms with Crippen molar-refractivity contribution >= 4 is 28.9 Å². The van der Waals surface area contributed by atoms with Gasteiger partial charge >= 0.3 is 5.97 Å². The number of imidazole rings is 1. The highest BCUT2D eigenvalue weighted by atomic mass is 16.5. The topological polar surface area (TPSA) is 89.3 Å². The van der Waals surface area contributed by atoms with Crippen LogP contribution in [0.4, 0.5) is 5.95 Å². The van der Waals surface area contributed by atoms with Crippen molar-refractivity contribution in [3.63, 3.8) is 0 Å². The molecular formula is C23H29N5O3. The van der Waals surface area contributed by atoms with Crippen LogP contribution < -0.4 is 5.32 Å². The summed E-state index contributed by atoms with van der Waals surface area (Å²) in [6.45, 7) is 11.4. The second kappa shape index (κ2) is 10.2. The van der Waals surface area contributed by atoms with Gasteiger partial charge in [-0.15, -0.1) is 0 Å². The van der Waals surface area contributed by atoms with Crippen LogP contribution in [-0.4, -0.2) is 57.6 Å². The molecule has 0 aliphatic heterocycles. The predicted octanol–water partition coefficient (Wildman–Crippen LogP) is 3.51. The van der Waals surface area contributed by atoms with E-state index >= 15 is 0 Å². The molecule has 1 aromatic carbocycles. The second-order valence-corrected chi connectivity index (χ2v) is 7.11. The number of nitrogens with one attached hydrogen (secondary N) is 1. The smallest absolute Gasteiger partial charge is 0.339 e. The van der Waals surface area contributed by atoms with Crippen molar-refractivity contribution in [2.24, 2.45) is 0 Å². The van der Waals surface area contributed by atoms with Crippen molar-refractivity contribution in [2.45, 2.75) is 34.2 Å². The zero-order chi connectivity index (χ0) is 22.4. The summed E-state index contributed by atoms with van der Waals surface area (Å²) in [5.41, 5.74) is 2.80. The summed E-state index contributed by atoms with van der Waals surface area (Å²) >= 11 is 0. The van der Waals surface area contributed by atoms with Gasteiger partial charge in [0, 0.05) is 13.1 Å². The molecule has 1 amide bonds. The summed E-state index contributed by atoms with van der Waals surface area (Å²) in [6.07, 6.45) is 0. The molecule has 0 spiro atoms. The molecule has 0 saturated heterocycles. The highest BCUT2D eigenvalue weighted by Gasteiger charge is 2.18. The molecule has 0 unspecified atom stereocenters. The lowest BCUT2D eigenvalue weighted by Gasteiger charge is -2.19. The van der Waals surface area contributed by atoms with Crippen LogP contribution in [0, 0.1) is 6.92 Å². The van der Waals surface area contributed by atoms with Crippen molar-refractivity contribution in [3.8, 4) is 0 Å². The molecule has 8 nitrogen and oxygen atoms in total. The Morgan fingerprint density at radius 3 is 2.48 bits per heavy atom. The molecule has 3 rings (SSSR count). The molecule has 31 heavy (non-hydrogen) atoms. The maximum absolute atomic E-state index is 12.9. The lowest BCUT2D eigenvalue weighted by atomic mass is 10.2. The molecule has 8 heteroatoms. The van der Waals surface area contributed by atoms with Crippen LogP contribution in [0.1, 0.15) is 47.3 Å². The van der Waals surface area contributed by atoms with Gasteiger partial charge in [0.15, 0.2) is 0 Å². The van der Waals surface area contributed by atoms with Crippen LogP contribution in [0.5, 0.6) is 0 Å². The van der Waals surface area contributed by atoms with Gasteiger partial charge in [-0.2, -0.15) is 0 Å². The van der Waals surface area contributed by atoms with Crippen molar-refractivity contribution in [2.75, 3.05) is 31.6 Å². The third-order valence-electron chi connectivity index (χ3n) is 5.23. The molecule has 0 atom stereocenters. The van der Waals surface area contributed by atoms with E-state index in [0.29, 0.717) is 23.8 Å². The Labute approximate surface area is 182 Å². The van der Waals surface area contributed by atoms with E-state index in [1.807, 2.05) is 28.8 Å². The maximum atomic E-state index is 12.9. The number of carbonyl (C=O) groups excluding carboxylic acids is 2. The number of esters is 1. The molecule has 1 N–H and O–H groups in total. The van der Waals surface area contributed by atoms with Crippen LogP contribution in [-0.2, 0) is 11.3 Å². The SMILES string of the molecule is CCOC(=O)c1ccc(C(=O)Nc2nc3ccccc3n2CCN(CC)CC)nc1C. The van der Waals surface area contributed by atoms with Gasteiger partial charge in [-0.3, -0.25) is 10.1 Å². The molecular weight excluding hydrogens is 394 g/mol. The standard InChI is InChI=1S/C23H29N5O3/c1-5-27(6-2)14-15-28-20-11-9-8-10-18(20)25-23(28)26-21(29)19-13-12-17(16(4)24-19)22(30)31-7-3/h8-13H,5-7,14-15H2,1-4H3,(H,25,26,29). The lowest BCUT2D eigenvalue weighted by Crippen LogP contribution is -2.28. The molecule has 0 aliphatic rings. The third kappa shape index (κ3) is 5.08. The van der Waals surface area contributed by atoms with E-state index in [9.17, 15) is 9.59 Å². The van der Waals surface area contributed by atoms with Gasteiger partial charge in [-0.25, -0.2) is 14.8 Å². The molecule has 0 fully saturated rings. The van der Waals surface area contributed by atoms with Crippen LogP contribution in [0.3, 0.4) is 0 Å². The normalized spacial score (nSPS) is 11.1. The van der Waals surface area contributed by atoms with E-state index in [4.69, 9.17) is 4.74 Å². The Kier molecular flexibility index (Phi) is 7.36. The first-order valence-electron chi connectivity index (χ1n) is 10.6. The van der Waals surface area contributed by atoms with Crippen molar-refractivity contribution in [3.05, 3.63) is 53.3 Å². The molecule has 2 aromatic heterocycles. The minimum atomic E-state index is -0.447. The van der Waals surface area contributed by atoms with Crippen LogP contribution in [0.15, 0.2) is 36.4 Å². The van der Waals surface area contributed by atoms with E-state index in [1.54, 1.807) is 19.9 Å². The van der Waals surface area contributed by atoms with Gasteiger partial charge in [0.05, 0.1) is 28.9 Å². The number of hydrogen-bond acceptors (Lipinski definition) is 6. The van der Waals surface area contributed by atoms with E-state index in [-0.39, 0.29) is 18.2 Å². The lowest BCUT2D eigenvalue weighted by molar-refractivity contribution is 0.0524. The highest BCUT2D eigenvalue weighted by molar-refractivity contribution is 6.03. The number of likely N-dealkylation sites (N-methyl/N-ethyl adjacent to an activating group) is 1. The van der Waals surface area contributed by atoms with Gasteiger partial charge in [-0.1, -0.05) is 26.0 Å². The number of hydrogen-bond donors (Lipinski definition) is 1. The van der Waals surface area contributed by atoms with E-state index < -0.39 is 5.97 Å². The Bertz CT molecular complexity index is 1070. The quantitative estimate of drug-likeness (QED) is 0.530. The van der Waals surface area contributed by atoms with Gasteiger partial charge in [0.1, 0.15) is 5.69 Å². The summed E-state index contributed by atoms with van der Waals surface area (Å²) in [7, 11) is 0. The minimum absolute atomic E-state index is 0.216. The highest BCUT2D eigenvalue weighted by Crippen LogP contribution is 2.20. The minimum Gasteiger partial charge on any atom is -0.462 e. The van der Waals surface area contributed by atoms with E-state index in [2.05, 4.69) is 34.0 Å². The molecule has 2 heterocycles. The van der Waals surface area contributed by atoms with Crippen LogP contribution >= 0.6 is 0 Å². The number of para-hydroxylation sites is 2. The van der Waals surface area contributed by atoms with Gasteiger partial charge in [-0.05, 0) is 51.2 Å². The molecule has 164 valence electrons. The number of fused-ring (bicyclic) bond motifs is 1.